The van der Waals surface area contributed by atoms with Gasteiger partial charge in [0.1, 0.15) is 0 Å². The SMILES string of the molecule is CC1(C(=O)c2ccc3c(c2)COC3)CCCC1. The lowest BCUT2D eigenvalue weighted by Crippen LogP contribution is -2.24. The summed E-state index contributed by atoms with van der Waals surface area (Å²) in [6, 6.07) is 6.06. The summed E-state index contributed by atoms with van der Waals surface area (Å²) in [5, 5.41) is 0. The van der Waals surface area contributed by atoms with E-state index in [1.54, 1.807) is 0 Å². The first-order valence-electron chi connectivity index (χ1n) is 6.43. The van der Waals surface area contributed by atoms with Crippen molar-refractivity contribution in [2.24, 2.45) is 5.41 Å². The van der Waals surface area contributed by atoms with Crippen LogP contribution < -0.4 is 0 Å². The number of benzene rings is 1. The molecule has 1 aromatic carbocycles. The first kappa shape index (κ1) is 11.0. The summed E-state index contributed by atoms with van der Waals surface area (Å²) >= 11 is 0. The Bertz CT molecular complexity index is 456. The molecule has 90 valence electrons. The van der Waals surface area contributed by atoms with Gasteiger partial charge in [0.15, 0.2) is 5.78 Å². The van der Waals surface area contributed by atoms with Crippen LogP contribution in [0.5, 0.6) is 0 Å². The van der Waals surface area contributed by atoms with E-state index in [4.69, 9.17) is 4.74 Å². The highest BCUT2D eigenvalue weighted by molar-refractivity contribution is 6.00. The van der Waals surface area contributed by atoms with Gasteiger partial charge in [0.25, 0.3) is 0 Å². The Labute approximate surface area is 102 Å². The molecule has 0 saturated heterocycles. The Morgan fingerprint density at radius 3 is 2.65 bits per heavy atom. The lowest BCUT2D eigenvalue weighted by atomic mass is 9.80. The van der Waals surface area contributed by atoms with Gasteiger partial charge in [-0.1, -0.05) is 31.9 Å². The second-order valence-corrected chi connectivity index (χ2v) is 5.57. The van der Waals surface area contributed by atoms with E-state index >= 15 is 0 Å². The predicted molar refractivity (Wildman–Crippen MR) is 65.8 cm³/mol. The molecule has 0 radical (unpaired) electrons. The van der Waals surface area contributed by atoms with Crippen molar-refractivity contribution in [1.29, 1.82) is 0 Å². The number of Topliss-reactive ketones (excluding diaryl/α,β-unsaturated/α-hetero) is 1. The smallest absolute Gasteiger partial charge is 0.168 e. The summed E-state index contributed by atoms with van der Waals surface area (Å²) in [4.78, 5) is 12.5. The van der Waals surface area contributed by atoms with E-state index in [9.17, 15) is 4.79 Å². The van der Waals surface area contributed by atoms with Crippen molar-refractivity contribution in [3.05, 3.63) is 34.9 Å². The lowest BCUT2D eigenvalue weighted by Gasteiger charge is -2.21. The van der Waals surface area contributed by atoms with Gasteiger partial charge in [-0.3, -0.25) is 4.79 Å². The minimum atomic E-state index is -0.117. The third-order valence-electron chi connectivity index (χ3n) is 4.24. The molecule has 1 fully saturated rings. The summed E-state index contributed by atoms with van der Waals surface area (Å²) in [5.41, 5.74) is 3.18. The molecule has 0 bridgehead atoms. The Hall–Kier alpha value is -1.15. The number of hydrogen-bond donors (Lipinski definition) is 0. The van der Waals surface area contributed by atoms with E-state index < -0.39 is 0 Å². The molecule has 0 spiro atoms. The van der Waals surface area contributed by atoms with Crippen LogP contribution in [-0.4, -0.2) is 5.78 Å². The van der Waals surface area contributed by atoms with Gasteiger partial charge in [0.05, 0.1) is 13.2 Å². The average Bonchev–Trinajstić information content (AvgIpc) is 2.96. The van der Waals surface area contributed by atoms with E-state index in [0.717, 1.165) is 18.4 Å². The highest BCUT2D eigenvalue weighted by Crippen LogP contribution is 2.40. The van der Waals surface area contributed by atoms with E-state index in [2.05, 4.69) is 6.92 Å². The minimum Gasteiger partial charge on any atom is -0.372 e. The molecule has 2 aliphatic rings. The van der Waals surface area contributed by atoms with Gasteiger partial charge in [-0.15, -0.1) is 0 Å². The molecule has 0 amide bonds. The first-order valence-corrected chi connectivity index (χ1v) is 6.43. The summed E-state index contributed by atoms with van der Waals surface area (Å²) in [7, 11) is 0. The molecular formula is C15H18O2. The summed E-state index contributed by atoms with van der Waals surface area (Å²) in [5.74, 6) is 0.324. The summed E-state index contributed by atoms with van der Waals surface area (Å²) in [6.45, 7) is 3.47. The van der Waals surface area contributed by atoms with Crippen LogP contribution in [0, 0.1) is 5.41 Å². The van der Waals surface area contributed by atoms with Gasteiger partial charge in [-0.2, -0.15) is 0 Å². The molecule has 1 aliphatic heterocycles. The zero-order valence-corrected chi connectivity index (χ0v) is 10.3. The Kier molecular flexibility index (Phi) is 2.55. The maximum atomic E-state index is 12.5. The van der Waals surface area contributed by atoms with Crippen molar-refractivity contribution in [2.75, 3.05) is 0 Å². The van der Waals surface area contributed by atoms with E-state index in [1.807, 2.05) is 18.2 Å². The normalized spacial score (nSPS) is 21.5. The van der Waals surface area contributed by atoms with Crippen LogP contribution in [0.15, 0.2) is 18.2 Å². The molecule has 0 N–H and O–H groups in total. The Balaban J connectivity index is 1.91. The quantitative estimate of drug-likeness (QED) is 0.727. The second-order valence-electron chi connectivity index (χ2n) is 5.57. The highest BCUT2D eigenvalue weighted by atomic mass is 16.5. The van der Waals surface area contributed by atoms with Gasteiger partial charge in [0, 0.05) is 11.0 Å². The summed E-state index contributed by atoms with van der Waals surface area (Å²) in [6.07, 6.45) is 4.46. The van der Waals surface area contributed by atoms with Gasteiger partial charge < -0.3 is 4.74 Å². The third-order valence-corrected chi connectivity index (χ3v) is 4.24. The molecular weight excluding hydrogens is 212 g/mol. The van der Waals surface area contributed by atoms with Crippen LogP contribution in [0.1, 0.15) is 54.1 Å². The number of rotatable bonds is 2. The van der Waals surface area contributed by atoms with Crippen molar-refractivity contribution >= 4 is 5.78 Å². The monoisotopic (exact) mass is 230 g/mol. The maximum absolute atomic E-state index is 12.5. The van der Waals surface area contributed by atoms with Crippen molar-refractivity contribution in [3.8, 4) is 0 Å². The minimum absolute atomic E-state index is 0.117. The number of ether oxygens (including phenoxy) is 1. The fourth-order valence-corrected chi connectivity index (χ4v) is 3.04. The van der Waals surface area contributed by atoms with Crippen molar-refractivity contribution in [1.82, 2.24) is 0 Å². The predicted octanol–water partition coefficient (Wildman–Crippen LogP) is 3.48. The third kappa shape index (κ3) is 1.81. The average molecular weight is 230 g/mol. The molecule has 17 heavy (non-hydrogen) atoms. The van der Waals surface area contributed by atoms with Crippen molar-refractivity contribution in [2.45, 2.75) is 45.8 Å². The molecule has 1 saturated carbocycles. The van der Waals surface area contributed by atoms with Gasteiger partial charge in [-0.05, 0) is 30.0 Å². The molecule has 1 heterocycles. The Morgan fingerprint density at radius 1 is 1.18 bits per heavy atom. The van der Waals surface area contributed by atoms with Crippen LogP contribution in [-0.2, 0) is 18.0 Å². The molecule has 1 aliphatic carbocycles. The molecule has 0 aromatic heterocycles. The van der Waals surface area contributed by atoms with Crippen LogP contribution in [0.3, 0.4) is 0 Å². The zero-order chi connectivity index (χ0) is 11.9. The molecule has 0 atom stereocenters. The van der Waals surface area contributed by atoms with Crippen LogP contribution in [0.4, 0.5) is 0 Å². The standard InChI is InChI=1S/C15H18O2/c1-15(6-2-3-7-15)14(16)11-4-5-12-9-17-10-13(12)8-11/h4-5,8H,2-3,6-7,9-10H2,1H3. The van der Waals surface area contributed by atoms with Gasteiger partial charge >= 0.3 is 0 Å². The fraction of sp³-hybridized carbons (Fsp3) is 0.533. The highest BCUT2D eigenvalue weighted by Gasteiger charge is 2.36. The number of fused-ring (bicyclic) bond motifs is 1. The van der Waals surface area contributed by atoms with Crippen molar-refractivity contribution in [3.63, 3.8) is 0 Å². The topological polar surface area (TPSA) is 26.3 Å². The molecule has 2 nitrogen and oxygen atoms in total. The van der Waals surface area contributed by atoms with Crippen LogP contribution in [0.25, 0.3) is 0 Å². The number of hydrogen-bond acceptors (Lipinski definition) is 2. The number of carbonyl (C=O) groups excluding carboxylic acids is 1. The van der Waals surface area contributed by atoms with E-state index in [0.29, 0.717) is 19.0 Å². The number of carbonyl (C=O) groups is 1. The fourth-order valence-electron chi connectivity index (χ4n) is 3.04. The van der Waals surface area contributed by atoms with Crippen molar-refractivity contribution < 1.29 is 9.53 Å². The maximum Gasteiger partial charge on any atom is 0.168 e. The van der Waals surface area contributed by atoms with Crippen LogP contribution >= 0.6 is 0 Å². The lowest BCUT2D eigenvalue weighted by molar-refractivity contribution is 0.0823. The molecule has 1 aromatic rings. The molecule has 2 heteroatoms. The molecule has 0 unspecified atom stereocenters. The molecule has 3 rings (SSSR count). The van der Waals surface area contributed by atoms with Gasteiger partial charge in [-0.25, -0.2) is 0 Å². The van der Waals surface area contributed by atoms with Gasteiger partial charge in [0.2, 0.25) is 0 Å². The zero-order valence-electron chi connectivity index (χ0n) is 10.3. The van der Waals surface area contributed by atoms with Crippen LogP contribution in [0.2, 0.25) is 0 Å². The summed E-state index contributed by atoms with van der Waals surface area (Å²) < 4.78 is 5.39. The van der Waals surface area contributed by atoms with E-state index in [1.165, 1.54) is 24.0 Å². The van der Waals surface area contributed by atoms with E-state index in [-0.39, 0.29) is 5.41 Å². The Morgan fingerprint density at radius 2 is 1.88 bits per heavy atom. The largest absolute Gasteiger partial charge is 0.372 e. The first-order chi connectivity index (χ1) is 8.19. The number of ketones is 1. The second kappa shape index (κ2) is 3.95.